The molecule has 5 heteroatoms. The van der Waals surface area contributed by atoms with E-state index >= 15 is 0 Å². The summed E-state index contributed by atoms with van der Waals surface area (Å²) < 4.78 is 22.8. The van der Waals surface area contributed by atoms with E-state index < -0.39 is 9.84 Å². The van der Waals surface area contributed by atoms with Crippen molar-refractivity contribution in [1.29, 1.82) is 0 Å². The van der Waals surface area contributed by atoms with Crippen LogP contribution in [-0.2, 0) is 9.84 Å². The minimum absolute atomic E-state index is 0.0884. The molecule has 4 nitrogen and oxygen atoms in total. The molecule has 108 valence electrons. The zero-order valence-corrected chi connectivity index (χ0v) is 12.5. The molecule has 0 aliphatic heterocycles. The lowest BCUT2D eigenvalue weighted by Gasteiger charge is -2.16. The first-order valence-electron chi connectivity index (χ1n) is 6.75. The Hall–Kier alpha value is -0.910. The lowest BCUT2D eigenvalue weighted by Crippen LogP contribution is -2.28. The van der Waals surface area contributed by atoms with Crippen LogP contribution in [0.1, 0.15) is 50.6 Å². The van der Waals surface area contributed by atoms with Gasteiger partial charge < -0.3 is 0 Å². The molecule has 1 atom stereocenters. The number of nitrogens with one attached hydrogen (secondary N) is 1. The lowest BCUT2D eigenvalue weighted by molar-refractivity contribution is 0.482. The number of nitrogens with two attached hydrogens (primary N) is 1. The third-order valence-corrected chi connectivity index (χ3v) is 4.39. The Kier molecular flexibility index (Phi) is 6.48. The fourth-order valence-corrected chi connectivity index (χ4v) is 2.70. The Morgan fingerprint density at radius 2 is 1.79 bits per heavy atom. The van der Waals surface area contributed by atoms with Gasteiger partial charge in [-0.3, -0.25) is 11.3 Å². The second-order valence-electron chi connectivity index (χ2n) is 4.91. The predicted molar refractivity (Wildman–Crippen MR) is 78.4 cm³/mol. The molecule has 0 aliphatic rings. The van der Waals surface area contributed by atoms with Gasteiger partial charge in [-0.2, -0.15) is 0 Å². The van der Waals surface area contributed by atoms with Gasteiger partial charge in [0, 0.05) is 12.3 Å². The molecule has 0 saturated heterocycles. The van der Waals surface area contributed by atoms with Crippen molar-refractivity contribution < 1.29 is 8.42 Å². The first kappa shape index (κ1) is 16.1. The van der Waals surface area contributed by atoms with Gasteiger partial charge in [0.25, 0.3) is 0 Å². The highest BCUT2D eigenvalue weighted by Gasteiger charge is 2.11. The van der Waals surface area contributed by atoms with Gasteiger partial charge >= 0.3 is 0 Å². The molecular formula is C14H24N2O2S. The first-order valence-corrected chi connectivity index (χ1v) is 8.64. The van der Waals surface area contributed by atoms with E-state index in [1.165, 1.54) is 25.5 Å². The Morgan fingerprint density at radius 3 is 2.26 bits per heavy atom. The molecule has 0 aliphatic carbocycles. The van der Waals surface area contributed by atoms with Gasteiger partial charge in [-0.15, -0.1) is 0 Å². The zero-order valence-electron chi connectivity index (χ0n) is 11.7. The number of rotatable bonds is 8. The number of hydrogen-bond donors (Lipinski definition) is 2. The molecule has 0 spiro atoms. The first-order chi connectivity index (χ1) is 8.99. The van der Waals surface area contributed by atoms with E-state index in [1.54, 1.807) is 12.1 Å². The largest absolute Gasteiger partial charge is 0.271 e. The van der Waals surface area contributed by atoms with Gasteiger partial charge in [-0.1, -0.05) is 44.7 Å². The van der Waals surface area contributed by atoms with Crippen LogP contribution in [0.4, 0.5) is 0 Å². The summed E-state index contributed by atoms with van der Waals surface area (Å²) in [5.41, 5.74) is 3.84. The smallest absolute Gasteiger partial charge is 0.175 e. The summed E-state index contributed by atoms with van der Waals surface area (Å²) in [5, 5.41) is 0. The predicted octanol–water partition coefficient (Wildman–Crippen LogP) is 2.56. The lowest BCUT2D eigenvalue weighted by atomic mass is 10.0. The van der Waals surface area contributed by atoms with Crippen LogP contribution < -0.4 is 11.3 Å². The summed E-state index contributed by atoms with van der Waals surface area (Å²) in [7, 11) is -3.13. The summed E-state index contributed by atoms with van der Waals surface area (Å²) >= 11 is 0. The molecule has 1 aromatic rings. The molecule has 1 rings (SSSR count). The minimum Gasteiger partial charge on any atom is -0.271 e. The van der Waals surface area contributed by atoms with E-state index in [4.69, 9.17) is 5.84 Å². The van der Waals surface area contributed by atoms with Crippen molar-refractivity contribution in [3.63, 3.8) is 0 Å². The maximum absolute atomic E-state index is 11.4. The highest BCUT2D eigenvalue weighted by molar-refractivity contribution is 7.90. The molecule has 0 radical (unpaired) electrons. The van der Waals surface area contributed by atoms with Crippen LogP contribution in [0.5, 0.6) is 0 Å². The number of sulfone groups is 1. The molecule has 3 N–H and O–H groups in total. The number of hydrazine groups is 1. The molecule has 1 aromatic carbocycles. The number of unbranched alkanes of at least 4 members (excludes halogenated alkanes) is 3. The van der Waals surface area contributed by atoms with Crippen molar-refractivity contribution in [2.75, 3.05) is 6.26 Å². The summed E-state index contributed by atoms with van der Waals surface area (Å²) in [6, 6.07) is 7.04. The van der Waals surface area contributed by atoms with E-state index in [2.05, 4.69) is 12.3 Å². The highest BCUT2D eigenvalue weighted by Crippen LogP contribution is 2.21. The minimum atomic E-state index is -3.13. The van der Waals surface area contributed by atoms with Gasteiger partial charge in [0.15, 0.2) is 9.84 Å². The van der Waals surface area contributed by atoms with Gasteiger partial charge in [0.1, 0.15) is 0 Å². The van der Waals surface area contributed by atoms with Crippen molar-refractivity contribution in [1.82, 2.24) is 5.43 Å². The van der Waals surface area contributed by atoms with Crippen LogP contribution in [0, 0.1) is 0 Å². The Bertz CT molecular complexity index is 469. The maximum atomic E-state index is 11.4. The molecule has 0 heterocycles. The Labute approximate surface area is 116 Å². The molecule has 0 aromatic heterocycles. The van der Waals surface area contributed by atoms with Crippen LogP contribution in [0.2, 0.25) is 0 Å². The highest BCUT2D eigenvalue weighted by atomic mass is 32.2. The van der Waals surface area contributed by atoms with Crippen molar-refractivity contribution >= 4 is 9.84 Å². The summed E-state index contributed by atoms with van der Waals surface area (Å²) in [6.07, 6.45) is 6.96. The normalized spacial score (nSPS) is 13.4. The topological polar surface area (TPSA) is 72.2 Å². The van der Waals surface area contributed by atoms with Crippen molar-refractivity contribution in [3.05, 3.63) is 29.8 Å². The van der Waals surface area contributed by atoms with Gasteiger partial charge in [0.05, 0.1) is 4.90 Å². The Balaban J connectivity index is 2.66. The molecule has 1 unspecified atom stereocenters. The van der Waals surface area contributed by atoms with Crippen LogP contribution >= 0.6 is 0 Å². The summed E-state index contributed by atoms with van der Waals surface area (Å²) in [5.74, 6) is 5.58. The fourth-order valence-electron chi connectivity index (χ4n) is 2.07. The molecule has 0 amide bonds. The molecular weight excluding hydrogens is 260 g/mol. The third-order valence-electron chi connectivity index (χ3n) is 3.26. The second kappa shape index (κ2) is 7.62. The van der Waals surface area contributed by atoms with Crippen molar-refractivity contribution in [3.8, 4) is 0 Å². The molecule has 19 heavy (non-hydrogen) atoms. The Morgan fingerprint density at radius 1 is 1.16 bits per heavy atom. The van der Waals surface area contributed by atoms with E-state index in [9.17, 15) is 8.42 Å². The second-order valence-corrected chi connectivity index (χ2v) is 6.93. The number of benzene rings is 1. The van der Waals surface area contributed by atoms with Gasteiger partial charge in [0.2, 0.25) is 0 Å². The van der Waals surface area contributed by atoms with E-state index in [1.807, 2.05) is 12.1 Å². The fraction of sp³-hybridized carbons (Fsp3) is 0.571. The average molecular weight is 284 g/mol. The maximum Gasteiger partial charge on any atom is 0.175 e. The average Bonchev–Trinajstić information content (AvgIpc) is 2.38. The summed E-state index contributed by atoms with van der Waals surface area (Å²) in [6.45, 7) is 2.18. The third kappa shape index (κ3) is 5.30. The summed E-state index contributed by atoms with van der Waals surface area (Å²) in [4.78, 5) is 0.345. The van der Waals surface area contributed by atoms with Crippen LogP contribution in [0.25, 0.3) is 0 Å². The van der Waals surface area contributed by atoms with Gasteiger partial charge in [-0.05, 0) is 24.1 Å². The molecule has 0 fully saturated rings. The molecule has 0 bridgehead atoms. The van der Waals surface area contributed by atoms with Gasteiger partial charge in [-0.25, -0.2) is 8.42 Å². The SMILES string of the molecule is CCCCCCC(NN)c1ccc(S(C)(=O)=O)cc1. The van der Waals surface area contributed by atoms with Crippen LogP contribution in [-0.4, -0.2) is 14.7 Å². The molecule has 0 saturated carbocycles. The number of hydrogen-bond acceptors (Lipinski definition) is 4. The van der Waals surface area contributed by atoms with E-state index in [0.717, 1.165) is 18.4 Å². The van der Waals surface area contributed by atoms with Crippen molar-refractivity contribution in [2.45, 2.75) is 50.0 Å². The quantitative estimate of drug-likeness (QED) is 0.437. The van der Waals surface area contributed by atoms with Crippen LogP contribution in [0.3, 0.4) is 0 Å². The van der Waals surface area contributed by atoms with Crippen LogP contribution in [0.15, 0.2) is 29.2 Å². The van der Waals surface area contributed by atoms with E-state index in [-0.39, 0.29) is 6.04 Å². The van der Waals surface area contributed by atoms with E-state index in [0.29, 0.717) is 4.90 Å². The monoisotopic (exact) mass is 284 g/mol. The standard InChI is InChI=1S/C14H24N2O2S/c1-3-4-5-6-7-14(16-15)12-8-10-13(11-9-12)19(2,17)18/h8-11,14,16H,3-7,15H2,1-2H3. The zero-order chi connectivity index (χ0) is 14.3. The van der Waals surface area contributed by atoms with Crippen molar-refractivity contribution in [2.24, 2.45) is 5.84 Å².